The number of carbonyl (C=O) groups excluding carboxylic acids is 1. The van der Waals surface area contributed by atoms with Crippen molar-refractivity contribution >= 4 is 5.97 Å². The van der Waals surface area contributed by atoms with E-state index >= 15 is 0 Å². The molecular formula is C18H30O4. The quantitative estimate of drug-likeness (QED) is 0.155. The number of unbranched alkanes of at least 4 members (excludes halogenated alkanes) is 5. The number of carbonyl (C=O) groups is 1. The van der Waals surface area contributed by atoms with Gasteiger partial charge in [0, 0.05) is 12.8 Å². The Kier molecular flexibility index (Phi) is 14.7. The predicted octanol–water partition coefficient (Wildman–Crippen LogP) is 5.48. The summed E-state index contributed by atoms with van der Waals surface area (Å²) >= 11 is 0. The van der Waals surface area contributed by atoms with Crippen LogP contribution in [-0.4, -0.2) is 16.3 Å². The minimum Gasteiger partial charge on any atom is -0.512 e. The summed E-state index contributed by atoms with van der Waals surface area (Å²) in [5.74, 6) is -0.125. The van der Waals surface area contributed by atoms with E-state index in [1.807, 2.05) is 18.2 Å². The van der Waals surface area contributed by atoms with E-state index in [1.54, 1.807) is 0 Å². The summed E-state index contributed by atoms with van der Waals surface area (Å²) in [7, 11) is 0. The van der Waals surface area contributed by atoms with Crippen molar-refractivity contribution in [3.8, 4) is 0 Å². The van der Waals surface area contributed by atoms with Gasteiger partial charge in [0.15, 0.2) is 0 Å². The standard InChI is InChI=1S/C18H30O4/c1-2-3-11-14-17(19)15-12-9-7-5-4-6-8-10-13-16-18(20)22-21/h3,7,9,11,15,19,21H,2,4-6,8,10,12-14,16H2,1H3/b9-7-,11-3-,17-15+. The van der Waals surface area contributed by atoms with Gasteiger partial charge in [-0.25, -0.2) is 4.79 Å². The highest BCUT2D eigenvalue weighted by molar-refractivity contribution is 5.68. The van der Waals surface area contributed by atoms with E-state index < -0.39 is 5.97 Å². The highest BCUT2D eigenvalue weighted by Crippen LogP contribution is 2.08. The highest BCUT2D eigenvalue weighted by atomic mass is 17.1. The molecule has 0 radical (unpaired) electrons. The minimum atomic E-state index is -0.551. The molecule has 0 aliphatic heterocycles. The van der Waals surface area contributed by atoms with Crippen molar-refractivity contribution in [2.45, 2.75) is 71.1 Å². The van der Waals surface area contributed by atoms with E-state index in [-0.39, 0.29) is 0 Å². The third-order valence-electron chi connectivity index (χ3n) is 3.24. The first kappa shape index (κ1) is 20.5. The summed E-state index contributed by atoms with van der Waals surface area (Å²) in [6.45, 7) is 2.07. The van der Waals surface area contributed by atoms with Gasteiger partial charge in [0.2, 0.25) is 0 Å². The van der Waals surface area contributed by atoms with Crippen LogP contribution in [0.3, 0.4) is 0 Å². The van der Waals surface area contributed by atoms with Crippen molar-refractivity contribution in [2.24, 2.45) is 0 Å². The number of aliphatic hydroxyl groups is 1. The zero-order valence-electron chi connectivity index (χ0n) is 13.7. The molecule has 4 nitrogen and oxygen atoms in total. The molecule has 0 aromatic rings. The fraction of sp³-hybridized carbons (Fsp3) is 0.611. The number of hydrogen-bond acceptors (Lipinski definition) is 4. The average Bonchev–Trinajstić information content (AvgIpc) is 2.52. The van der Waals surface area contributed by atoms with Crippen LogP contribution in [0.4, 0.5) is 0 Å². The van der Waals surface area contributed by atoms with Gasteiger partial charge in [-0.15, -0.1) is 0 Å². The summed E-state index contributed by atoms with van der Waals surface area (Å²) < 4.78 is 0. The molecule has 0 atom stereocenters. The van der Waals surface area contributed by atoms with Crippen LogP contribution in [-0.2, 0) is 9.68 Å². The van der Waals surface area contributed by atoms with Crippen molar-refractivity contribution in [1.82, 2.24) is 0 Å². The highest BCUT2D eigenvalue weighted by Gasteiger charge is 2.00. The summed E-state index contributed by atoms with van der Waals surface area (Å²) in [6.07, 6.45) is 19.0. The van der Waals surface area contributed by atoms with Crippen LogP contribution < -0.4 is 0 Å². The molecule has 0 saturated heterocycles. The molecule has 0 aromatic heterocycles. The molecule has 0 amide bonds. The van der Waals surface area contributed by atoms with Gasteiger partial charge < -0.3 is 9.99 Å². The normalized spacial score (nSPS) is 12.4. The number of rotatable bonds is 13. The molecule has 0 heterocycles. The van der Waals surface area contributed by atoms with Gasteiger partial charge in [-0.1, -0.05) is 50.5 Å². The number of allylic oxidation sites excluding steroid dienone is 5. The van der Waals surface area contributed by atoms with Gasteiger partial charge in [-0.3, -0.25) is 0 Å². The van der Waals surface area contributed by atoms with Gasteiger partial charge in [-0.2, -0.15) is 5.26 Å². The molecule has 22 heavy (non-hydrogen) atoms. The topological polar surface area (TPSA) is 66.8 Å². The molecule has 0 aromatic carbocycles. The van der Waals surface area contributed by atoms with Crippen LogP contribution in [0, 0.1) is 0 Å². The smallest absolute Gasteiger partial charge is 0.342 e. The van der Waals surface area contributed by atoms with Crippen LogP contribution >= 0.6 is 0 Å². The number of hydrogen-bond donors (Lipinski definition) is 2. The van der Waals surface area contributed by atoms with Gasteiger partial charge in [0.05, 0.1) is 5.76 Å². The second kappa shape index (κ2) is 15.8. The van der Waals surface area contributed by atoms with Gasteiger partial charge in [-0.05, 0) is 38.2 Å². The molecular weight excluding hydrogens is 280 g/mol. The lowest BCUT2D eigenvalue weighted by Crippen LogP contribution is -1.99. The molecule has 0 spiro atoms. The average molecular weight is 310 g/mol. The summed E-state index contributed by atoms with van der Waals surface area (Å²) in [6, 6.07) is 0. The van der Waals surface area contributed by atoms with Crippen molar-refractivity contribution < 1.29 is 20.0 Å². The molecule has 0 fully saturated rings. The Morgan fingerprint density at radius 3 is 2.45 bits per heavy atom. The van der Waals surface area contributed by atoms with E-state index in [0.717, 1.165) is 51.4 Å². The van der Waals surface area contributed by atoms with Crippen LogP contribution in [0.25, 0.3) is 0 Å². The summed E-state index contributed by atoms with van der Waals surface area (Å²) in [4.78, 5) is 14.3. The van der Waals surface area contributed by atoms with Gasteiger partial charge in [0.25, 0.3) is 0 Å². The zero-order chi connectivity index (χ0) is 16.5. The molecule has 4 heteroatoms. The maximum Gasteiger partial charge on any atom is 0.342 e. The van der Waals surface area contributed by atoms with Crippen LogP contribution in [0.15, 0.2) is 36.1 Å². The van der Waals surface area contributed by atoms with E-state index in [9.17, 15) is 9.90 Å². The Morgan fingerprint density at radius 1 is 1.00 bits per heavy atom. The summed E-state index contributed by atoms with van der Waals surface area (Å²) in [5, 5.41) is 17.7. The van der Waals surface area contributed by atoms with Crippen LogP contribution in [0.2, 0.25) is 0 Å². The van der Waals surface area contributed by atoms with E-state index in [2.05, 4.69) is 24.0 Å². The largest absolute Gasteiger partial charge is 0.512 e. The van der Waals surface area contributed by atoms with Crippen molar-refractivity contribution in [3.05, 3.63) is 36.1 Å². The minimum absolute atomic E-state index is 0.291. The van der Waals surface area contributed by atoms with Gasteiger partial charge in [0.1, 0.15) is 0 Å². The van der Waals surface area contributed by atoms with E-state index in [1.165, 1.54) is 0 Å². The van der Waals surface area contributed by atoms with Gasteiger partial charge >= 0.3 is 5.97 Å². The molecule has 0 saturated carbocycles. The zero-order valence-corrected chi connectivity index (χ0v) is 13.7. The second-order valence-corrected chi connectivity index (χ2v) is 5.26. The first-order chi connectivity index (χ1) is 10.7. The van der Waals surface area contributed by atoms with E-state index in [0.29, 0.717) is 18.6 Å². The Hall–Kier alpha value is -1.55. The third-order valence-corrected chi connectivity index (χ3v) is 3.24. The fourth-order valence-electron chi connectivity index (χ4n) is 1.98. The Bertz CT molecular complexity index is 356. The molecule has 0 bridgehead atoms. The maximum absolute atomic E-state index is 10.7. The molecule has 0 rings (SSSR count). The number of aliphatic hydroxyl groups excluding tert-OH is 1. The Labute approximate surface area is 134 Å². The monoisotopic (exact) mass is 310 g/mol. The first-order valence-corrected chi connectivity index (χ1v) is 8.23. The molecule has 0 aliphatic rings. The lowest BCUT2D eigenvalue weighted by atomic mass is 10.1. The van der Waals surface area contributed by atoms with Crippen LogP contribution in [0.5, 0.6) is 0 Å². The maximum atomic E-state index is 10.7. The SMILES string of the molecule is CC/C=C\C/C(O)=C\C/C=C\CCCCCCCC(=O)OO. The van der Waals surface area contributed by atoms with Crippen molar-refractivity contribution in [2.75, 3.05) is 0 Å². The molecule has 0 aliphatic carbocycles. The first-order valence-electron chi connectivity index (χ1n) is 8.23. The second-order valence-electron chi connectivity index (χ2n) is 5.26. The Morgan fingerprint density at radius 2 is 1.73 bits per heavy atom. The van der Waals surface area contributed by atoms with Crippen LogP contribution in [0.1, 0.15) is 71.1 Å². The lowest BCUT2D eigenvalue weighted by molar-refractivity contribution is -0.234. The third kappa shape index (κ3) is 14.9. The molecule has 0 unspecified atom stereocenters. The molecule has 126 valence electrons. The lowest BCUT2D eigenvalue weighted by Gasteiger charge is -1.99. The van der Waals surface area contributed by atoms with E-state index in [4.69, 9.17) is 5.26 Å². The van der Waals surface area contributed by atoms with Crippen molar-refractivity contribution in [3.63, 3.8) is 0 Å². The fourth-order valence-corrected chi connectivity index (χ4v) is 1.98. The summed E-state index contributed by atoms with van der Waals surface area (Å²) in [5.41, 5.74) is 0. The Balaban J connectivity index is 3.42. The molecule has 2 N–H and O–H groups in total. The predicted molar refractivity (Wildman–Crippen MR) is 89.6 cm³/mol. The van der Waals surface area contributed by atoms with Crippen molar-refractivity contribution in [1.29, 1.82) is 0 Å².